The van der Waals surface area contributed by atoms with Crippen molar-refractivity contribution in [2.75, 3.05) is 51.3 Å². The van der Waals surface area contributed by atoms with Gasteiger partial charge < -0.3 is 29.6 Å². The summed E-state index contributed by atoms with van der Waals surface area (Å²) in [5.74, 6) is -0.140. The quantitative estimate of drug-likeness (QED) is 0.385. The van der Waals surface area contributed by atoms with Gasteiger partial charge in [-0.15, -0.1) is 0 Å². The third-order valence-corrected chi connectivity index (χ3v) is 4.28. The fraction of sp³-hybridized carbons (Fsp3) is 0.261. The first-order valence-corrected chi connectivity index (χ1v) is 10.3. The summed E-state index contributed by atoms with van der Waals surface area (Å²) < 4.78 is 20.6. The Morgan fingerprint density at radius 1 is 0.706 bits per heavy atom. The van der Waals surface area contributed by atoms with Gasteiger partial charge >= 0.3 is 0 Å². The zero-order valence-electron chi connectivity index (χ0n) is 18.8. The molecule has 34 heavy (non-hydrogen) atoms. The summed E-state index contributed by atoms with van der Waals surface area (Å²) in [4.78, 5) is 37.5. The van der Waals surface area contributed by atoms with Crippen LogP contribution in [0.3, 0.4) is 0 Å². The van der Waals surface area contributed by atoms with E-state index in [0.29, 0.717) is 49.6 Å². The average molecular weight is 467 g/mol. The van der Waals surface area contributed by atoms with Crippen molar-refractivity contribution in [2.24, 2.45) is 0 Å². The van der Waals surface area contributed by atoms with Crippen LogP contribution in [0, 0.1) is 0 Å². The van der Waals surface area contributed by atoms with E-state index in [0.717, 1.165) is 0 Å². The van der Waals surface area contributed by atoms with Crippen LogP contribution in [-0.4, -0.2) is 67.4 Å². The molecular weight excluding hydrogens is 442 g/mol. The van der Waals surface area contributed by atoms with Gasteiger partial charge in [0.15, 0.2) is 0 Å². The molecule has 3 aromatic heterocycles. The number of nitrogens with zero attached hydrogens (tertiary/aromatic N) is 3. The third-order valence-electron chi connectivity index (χ3n) is 4.28. The minimum absolute atomic E-state index is 0.0769. The molecule has 3 aromatic rings. The molecule has 0 aliphatic rings. The van der Waals surface area contributed by atoms with Gasteiger partial charge in [-0.1, -0.05) is 6.07 Å². The molecule has 3 heterocycles. The van der Waals surface area contributed by atoms with Crippen LogP contribution in [0.1, 0.15) is 21.0 Å². The molecule has 0 spiro atoms. The van der Waals surface area contributed by atoms with Crippen LogP contribution < -0.4 is 20.1 Å². The third kappa shape index (κ3) is 7.50. The molecule has 2 N–H and O–H groups in total. The Hall–Kier alpha value is -4.09. The molecule has 0 aliphatic heterocycles. The predicted octanol–water partition coefficient (Wildman–Crippen LogP) is 2.43. The van der Waals surface area contributed by atoms with Gasteiger partial charge in [-0.05, 0) is 24.3 Å². The van der Waals surface area contributed by atoms with Gasteiger partial charge in [0.1, 0.15) is 24.6 Å². The highest BCUT2D eigenvalue weighted by molar-refractivity contribution is 6.06. The van der Waals surface area contributed by atoms with E-state index in [-0.39, 0.29) is 11.4 Å². The number of carbonyl (C=O) groups excluding carboxylic acids is 2. The predicted molar refractivity (Wildman–Crippen MR) is 123 cm³/mol. The second kappa shape index (κ2) is 12.8. The van der Waals surface area contributed by atoms with Gasteiger partial charge in [0.2, 0.25) is 11.8 Å². The molecule has 0 saturated carbocycles. The van der Waals surface area contributed by atoms with Crippen molar-refractivity contribution in [3.05, 3.63) is 66.2 Å². The molecule has 0 atom stereocenters. The lowest BCUT2D eigenvalue weighted by Crippen LogP contribution is -2.18. The molecule has 0 aliphatic carbocycles. The molecule has 178 valence electrons. The highest BCUT2D eigenvalue weighted by atomic mass is 16.5. The van der Waals surface area contributed by atoms with Crippen LogP contribution in [0.25, 0.3) is 0 Å². The van der Waals surface area contributed by atoms with E-state index >= 15 is 0 Å². The molecule has 0 aromatic carbocycles. The second-order valence-electron chi connectivity index (χ2n) is 6.77. The topological polar surface area (TPSA) is 134 Å². The highest BCUT2D eigenvalue weighted by Gasteiger charge is 2.13. The molecule has 0 fully saturated rings. The number of aromatic nitrogens is 3. The summed E-state index contributed by atoms with van der Waals surface area (Å²) in [7, 11) is 3.16. The summed E-state index contributed by atoms with van der Waals surface area (Å²) in [6.45, 7) is 1.63. The number of hydrogen-bond donors (Lipinski definition) is 2. The zero-order chi connectivity index (χ0) is 24.2. The van der Waals surface area contributed by atoms with Crippen LogP contribution in [0.15, 0.2) is 54.9 Å². The maximum atomic E-state index is 12.6. The zero-order valence-corrected chi connectivity index (χ0v) is 18.8. The Kier molecular flexibility index (Phi) is 9.26. The van der Waals surface area contributed by atoms with Crippen molar-refractivity contribution in [2.45, 2.75) is 0 Å². The molecule has 2 amide bonds. The molecule has 11 heteroatoms. The summed E-state index contributed by atoms with van der Waals surface area (Å²) in [6.07, 6.45) is 2.93. The molecule has 0 unspecified atom stereocenters. The summed E-state index contributed by atoms with van der Waals surface area (Å²) >= 11 is 0. The number of anilines is 2. The van der Waals surface area contributed by atoms with Crippen molar-refractivity contribution >= 4 is 23.2 Å². The van der Waals surface area contributed by atoms with E-state index in [1.54, 1.807) is 44.6 Å². The smallest absolute Gasteiger partial charge is 0.274 e. The molecule has 11 nitrogen and oxygen atoms in total. The highest BCUT2D eigenvalue weighted by Crippen LogP contribution is 2.14. The number of pyridine rings is 3. The average Bonchev–Trinajstić information content (AvgIpc) is 2.86. The van der Waals surface area contributed by atoms with E-state index in [9.17, 15) is 9.59 Å². The van der Waals surface area contributed by atoms with Gasteiger partial charge in [-0.3, -0.25) is 9.59 Å². The van der Waals surface area contributed by atoms with E-state index in [4.69, 9.17) is 18.9 Å². The molecule has 0 saturated heterocycles. The summed E-state index contributed by atoms with van der Waals surface area (Å²) in [5, 5.41) is 5.37. The maximum absolute atomic E-state index is 12.6. The molecular formula is C23H25N5O6. The van der Waals surface area contributed by atoms with E-state index in [1.807, 2.05) is 0 Å². The standard InChI is InChI=1S/C23H25N5O6/c1-31-10-12-33-20-8-6-16(14-24-20)26-22(29)18-4-3-5-19(28-18)23(30)27-17-7-9-21(25-15-17)34-13-11-32-2/h3-9,14-15H,10-13H2,1-2H3,(H,26,29)(H,27,30). The van der Waals surface area contributed by atoms with Crippen molar-refractivity contribution in [3.8, 4) is 11.8 Å². The normalized spacial score (nSPS) is 10.4. The Bertz CT molecular complexity index is 993. The first-order valence-electron chi connectivity index (χ1n) is 10.3. The number of amides is 2. The number of rotatable bonds is 12. The lowest BCUT2D eigenvalue weighted by molar-refractivity contribution is 0.101. The molecule has 3 rings (SSSR count). The maximum Gasteiger partial charge on any atom is 0.274 e. The van der Waals surface area contributed by atoms with E-state index < -0.39 is 11.8 Å². The summed E-state index contributed by atoms with van der Waals surface area (Å²) in [6, 6.07) is 11.2. The van der Waals surface area contributed by atoms with Gasteiger partial charge in [0.25, 0.3) is 11.8 Å². The number of ether oxygens (including phenoxy) is 4. The van der Waals surface area contributed by atoms with Gasteiger partial charge in [0.05, 0.1) is 37.0 Å². The first-order chi connectivity index (χ1) is 16.6. The molecule has 0 radical (unpaired) electrons. The van der Waals surface area contributed by atoms with Gasteiger partial charge in [-0.2, -0.15) is 0 Å². The Balaban J connectivity index is 1.57. The SMILES string of the molecule is COCCOc1ccc(NC(=O)c2cccc(C(=O)Nc3ccc(OCCOC)nc3)n2)cn1. The monoisotopic (exact) mass is 467 g/mol. The van der Waals surface area contributed by atoms with E-state index in [2.05, 4.69) is 25.6 Å². The second-order valence-corrected chi connectivity index (χ2v) is 6.77. The van der Waals surface area contributed by atoms with Crippen LogP contribution in [0.4, 0.5) is 11.4 Å². The number of nitrogens with one attached hydrogen (secondary N) is 2. The Morgan fingerprint density at radius 2 is 1.18 bits per heavy atom. The minimum Gasteiger partial charge on any atom is -0.475 e. The molecule has 0 bridgehead atoms. The first kappa shape index (κ1) is 24.6. The van der Waals surface area contributed by atoms with Crippen molar-refractivity contribution < 1.29 is 28.5 Å². The lowest BCUT2D eigenvalue weighted by Gasteiger charge is -2.09. The Labute approximate surface area is 196 Å². The van der Waals surface area contributed by atoms with Crippen molar-refractivity contribution in [1.29, 1.82) is 0 Å². The van der Waals surface area contributed by atoms with Crippen LogP contribution in [0.5, 0.6) is 11.8 Å². The van der Waals surface area contributed by atoms with E-state index in [1.165, 1.54) is 24.5 Å². The number of hydrogen-bond acceptors (Lipinski definition) is 9. The van der Waals surface area contributed by atoms with Crippen molar-refractivity contribution in [1.82, 2.24) is 15.0 Å². The Morgan fingerprint density at radius 3 is 1.56 bits per heavy atom. The number of methoxy groups -OCH3 is 2. The number of carbonyl (C=O) groups is 2. The van der Waals surface area contributed by atoms with Gasteiger partial charge in [-0.25, -0.2) is 15.0 Å². The van der Waals surface area contributed by atoms with Crippen LogP contribution in [0.2, 0.25) is 0 Å². The van der Waals surface area contributed by atoms with Crippen molar-refractivity contribution in [3.63, 3.8) is 0 Å². The largest absolute Gasteiger partial charge is 0.475 e. The minimum atomic E-state index is -0.483. The fourth-order valence-corrected chi connectivity index (χ4v) is 2.62. The van der Waals surface area contributed by atoms with Gasteiger partial charge in [0, 0.05) is 26.4 Å². The lowest BCUT2D eigenvalue weighted by atomic mass is 10.2. The summed E-state index contributed by atoms with van der Waals surface area (Å²) in [5.41, 5.74) is 1.07. The van der Waals surface area contributed by atoms with Crippen LogP contribution in [-0.2, 0) is 9.47 Å². The fourth-order valence-electron chi connectivity index (χ4n) is 2.62. The van der Waals surface area contributed by atoms with Crippen LogP contribution >= 0.6 is 0 Å².